The number of benzene rings is 2. The molecule has 8 nitrogen and oxygen atoms in total. The predicted octanol–water partition coefficient (Wildman–Crippen LogP) is 5.08. The monoisotopic (exact) mass is 560 g/mol. The lowest BCUT2D eigenvalue weighted by Crippen LogP contribution is -2.46. The van der Waals surface area contributed by atoms with Crippen molar-refractivity contribution in [1.29, 1.82) is 0 Å². The van der Waals surface area contributed by atoms with Crippen LogP contribution in [0.25, 0.3) is 0 Å². The zero-order valence-electron chi connectivity index (χ0n) is 21.6. The number of carbonyl (C=O) groups excluding carboxylic acids is 1. The number of nitrogens with zero attached hydrogens (tertiary/aromatic N) is 5. The van der Waals surface area contributed by atoms with Gasteiger partial charge in [-0.2, -0.15) is 0 Å². The second-order valence-corrected chi connectivity index (χ2v) is 10.3. The summed E-state index contributed by atoms with van der Waals surface area (Å²) >= 11 is 7.88. The van der Waals surface area contributed by atoms with Gasteiger partial charge >= 0.3 is 0 Å². The van der Waals surface area contributed by atoms with Crippen molar-refractivity contribution >= 4 is 40.8 Å². The van der Waals surface area contributed by atoms with E-state index in [9.17, 15) is 4.79 Å². The van der Waals surface area contributed by atoms with Crippen molar-refractivity contribution in [2.75, 3.05) is 43.1 Å². The Kier molecular flexibility index (Phi) is 8.80. The first-order chi connectivity index (χ1) is 19.1. The van der Waals surface area contributed by atoms with E-state index in [1.807, 2.05) is 60.7 Å². The molecule has 1 saturated heterocycles. The van der Waals surface area contributed by atoms with Gasteiger partial charge in [0.25, 0.3) is 5.91 Å². The van der Waals surface area contributed by atoms with Crippen molar-refractivity contribution in [3.8, 4) is 5.75 Å². The Labute approximate surface area is 237 Å². The third kappa shape index (κ3) is 7.19. The fourth-order valence-corrected chi connectivity index (χ4v) is 5.35. The Balaban J connectivity index is 1.17. The van der Waals surface area contributed by atoms with Crippen LogP contribution >= 0.6 is 23.4 Å². The number of methoxy groups -OCH3 is 1. The molecule has 0 radical (unpaired) electrons. The Hall–Kier alpha value is -3.82. The third-order valence-corrected chi connectivity index (χ3v) is 7.53. The summed E-state index contributed by atoms with van der Waals surface area (Å²) in [6.45, 7) is 3.81. The van der Waals surface area contributed by atoms with E-state index in [0.717, 1.165) is 49.0 Å². The lowest BCUT2D eigenvalue weighted by atomic mass is 10.1. The lowest BCUT2D eigenvalue weighted by Gasteiger charge is -2.36. The molecule has 10 heteroatoms. The number of aromatic nitrogens is 3. The number of nitrogens with one attached hydrogen (secondary N) is 1. The molecule has 0 atom stereocenters. The molecule has 0 spiro atoms. The molecule has 1 aliphatic rings. The zero-order chi connectivity index (χ0) is 27.0. The summed E-state index contributed by atoms with van der Waals surface area (Å²) in [7, 11) is 1.68. The molecule has 1 N–H and O–H groups in total. The molecular weight excluding hydrogens is 532 g/mol. The van der Waals surface area contributed by atoms with Crippen LogP contribution in [-0.4, -0.2) is 54.1 Å². The van der Waals surface area contributed by atoms with Crippen molar-refractivity contribution in [3.05, 3.63) is 101 Å². The molecule has 0 aliphatic carbocycles. The Morgan fingerprint density at radius 1 is 0.974 bits per heavy atom. The SMILES string of the molecule is COc1ccc(N2CCN(c3cc(Cl)nc(SCc4cccc(C(=O)NCc5ccccn5)c4)n3)CC2)cc1. The van der Waals surface area contributed by atoms with Crippen LogP contribution in [0.1, 0.15) is 21.6 Å². The first-order valence-corrected chi connectivity index (χ1v) is 14.0. The number of rotatable bonds is 9. The average Bonchev–Trinajstić information content (AvgIpc) is 2.99. The highest BCUT2D eigenvalue weighted by molar-refractivity contribution is 7.98. The van der Waals surface area contributed by atoms with E-state index in [-0.39, 0.29) is 5.91 Å². The molecule has 1 amide bonds. The fourth-order valence-electron chi connectivity index (χ4n) is 4.32. The molecule has 1 fully saturated rings. The second-order valence-electron chi connectivity index (χ2n) is 9.00. The molecule has 4 aromatic rings. The number of halogens is 1. The van der Waals surface area contributed by atoms with Crippen LogP contribution in [0, 0.1) is 0 Å². The first-order valence-electron chi connectivity index (χ1n) is 12.7. The van der Waals surface area contributed by atoms with Crippen LogP contribution in [0.3, 0.4) is 0 Å². The fraction of sp³-hybridized carbons (Fsp3) is 0.241. The molecule has 2 aromatic carbocycles. The van der Waals surface area contributed by atoms with Crippen molar-refractivity contribution in [2.24, 2.45) is 0 Å². The minimum absolute atomic E-state index is 0.137. The zero-order valence-corrected chi connectivity index (χ0v) is 23.2. The van der Waals surface area contributed by atoms with Gasteiger partial charge in [-0.05, 0) is 54.1 Å². The number of carbonyl (C=O) groups is 1. The van der Waals surface area contributed by atoms with Crippen LogP contribution in [-0.2, 0) is 12.3 Å². The van der Waals surface area contributed by atoms with Gasteiger partial charge in [-0.25, -0.2) is 9.97 Å². The highest BCUT2D eigenvalue weighted by Gasteiger charge is 2.20. The number of piperazine rings is 1. The van der Waals surface area contributed by atoms with Gasteiger partial charge in [-0.3, -0.25) is 9.78 Å². The van der Waals surface area contributed by atoms with E-state index in [1.54, 1.807) is 13.3 Å². The van der Waals surface area contributed by atoms with E-state index in [1.165, 1.54) is 17.4 Å². The number of ether oxygens (including phenoxy) is 1. The number of anilines is 2. The molecule has 5 rings (SSSR count). The van der Waals surface area contributed by atoms with E-state index in [0.29, 0.717) is 28.2 Å². The molecule has 0 saturated carbocycles. The van der Waals surface area contributed by atoms with Crippen LogP contribution in [0.15, 0.2) is 84.1 Å². The van der Waals surface area contributed by atoms with E-state index < -0.39 is 0 Å². The molecule has 1 aliphatic heterocycles. The summed E-state index contributed by atoms with van der Waals surface area (Å²) in [5.41, 5.74) is 3.60. The van der Waals surface area contributed by atoms with Crippen LogP contribution < -0.4 is 19.9 Å². The van der Waals surface area contributed by atoms with Gasteiger partial charge < -0.3 is 19.9 Å². The van der Waals surface area contributed by atoms with Crippen molar-refractivity contribution < 1.29 is 9.53 Å². The number of pyridine rings is 1. The van der Waals surface area contributed by atoms with Crippen LogP contribution in [0.2, 0.25) is 5.15 Å². The number of hydrogen-bond acceptors (Lipinski definition) is 8. The molecule has 200 valence electrons. The Morgan fingerprint density at radius 3 is 2.51 bits per heavy atom. The summed E-state index contributed by atoms with van der Waals surface area (Å²) in [5, 5.41) is 3.95. The van der Waals surface area contributed by atoms with Gasteiger partial charge in [-0.1, -0.05) is 41.6 Å². The summed E-state index contributed by atoms with van der Waals surface area (Å²) in [6, 6.07) is 23.2. The molecule has 0 unspecified atom stereocenters. The lowest BCUT2D eigenvalue weighted by molar-refractivity contribution is 0.0950. The van der Waals surface area contributed by atoms with E-state index in [4.69, 9.17) is 21.3 Å². The maximum absolute atomic E-state index is 12.6. The minimum atomic E-state index is -0.137. The van der Waals surface area contributed by atoms with Gasteiger partial charge in [0.05, 0.1) is 19.3 Å². The predicted molar refractivity (Wildman–Crippen MR) is 156 cm³/mol. The van der Waals surface area contributed by atoms with Gasteiger partial charge in [0, 0.05) is 55.4 Å². The molecule has 39 heavy (non-hydrogen) atoms. The topological polar surface area (TPSA) is 83.5 Å². The Morgan fingerprint density at radius 2 is 1.77 bits per heavy atom. The highest BCUT2D eigenvalue weighted by Crippen LogP contribution is 2.27. The summed E-state index contributed by atoms with van der Waals surface area (Å²) in [6.07, 6.45) is 1.71. The number of thioether (sulfide) groups is 1. The normalized spacial score (nSPS) is 13.3. The maximum Gasteiger partial charge on any atom is 0.251 e. The summed E-state index contributed by atoms with van der Waals surface area (Å²) < 4.78 is 5.27. The van der Waals surface area contributed by atoms with Crippen molar-refractivity contribution in [2.45, 2.75) is 17.5 Å². The third-order valence-electron chi connectivity index (χ3n) is 6.42. The number of hydrogen-bond donors (Lipinski definition) is 1. The molecule has 2 aromatic heterocycles. The average molecular weight is 561 g/mol. The second kappa shape index (κ2) is 12.8. The van der Waals surface area contributed by atoms with Crippen LogP contribution in [0.5, 0.6) is 5.75 Å². The van der Waals surface area contributed by atoms with E-state index >= 15 is 0 Å². The number of amides is 1. The van der Waals surface area contributed by atoms with Gasteiger partial charge in [0.2, 0.25) is 0 Å². The van der Waals surface area contributed by atoms with Crippen LogP contribution in [0.4, 0.5) is 11.5 Å². The van der Waals surface area contributed by atoms with Crippen molar-refractivity contribution in [3.63, 3.8) is 0 Å². The smallest absolute Gasteiger partial charge is 0.251 e. The maximum atomic E-state index is 12.6. The highest BCUT2D eigenvalue weighted by atomic mass is 35.5. The first kappa shape index (κ1) is 26.8. The molecule has 3 heterocycles. The minimum Gasteiger partial charge on any atom is -0.497 e. The van der Waals surface area contributed by atoms with Crippen molar-refractivity contribution in [1.82, 2.24) is 20.3 Å². The van der Waals surface area contributed by atoms with Gasteiger partial charge in [0.1, 0.15) is 16.7 Å². The largest absolute Gasteiger partial charge is 0.497 e. The summed E-state index contributed by atoms with van der Waals surface area (Å²) in [5.74, 6) is 2.16. The van der Waals surface area contributed by atoms with E-state index in [2.05, 4.69) is 37.2 Å². The van der Waals surface area contributed by atoms with Gasteiger partial charge in [0.15, 0.2) is 5.16 Å². The Bertz CT molecular complexity index is 1400. The standard InChI is InChI=1S/C29H29ClN6O2S/c1-38-25-10-8-24(9-11-25)35-13-15-36(16-14-35)27-18-26(30)33-29(34-27)39-20-21-5-4-6-22(17-21)28(37)32-19-23-7-2-3-12-31-23/h2-12,17-18H,13-16,19-20H2,1H3,(H,32,37). The quantitative estimate of drug-likeness (QED) is 0.172. The van der Waals surface area contributed by atoms with Gasteiger partial charge in [-0.15, -0.1) is 0 Å². The summed E-state index contributed by atoms with van der Waals surface area (Å²) in [4.78, 5) is 30.7. The molecule has 0 bridgehead atoms. The molecular formula is C29H29ClN6O2S.